The number of H-pyrrole nitrogens is 1. The highest BCUT2D eigenvalue weighted by Crippen LogP contribution is 2.40. The molecule has 28 heavy (non-hydrogen) atoms. The van der Waals surface area contributed by atoms with Crippen molar-refractivity contribution in [1.29, 1.82) is 0 Å². The van der Waals surface area contributed by atoms with E-state index in [4.69, 9.17) is 0 Å². The minimum absolute atomic E-state index is 0.00728. The Morgan fingerprint density at radius 2 is 1.75 bits per heavy atom. The molecule has 2 aromatic rings. The lowest BCUT2D eigenvalue weighted by atomic mass is 9.84. The van der Waals surface area contributed by atoms with E-state index in [-0.39, 0.29) is 11.5 Å². The zero-order valence-corrected chi connectivity index (χ0v) is 16.2. The second-order valence-corrected chi connectivity index (χ2v) is 7.70. The van der Waals surface area contributed by atoms with Gasteiger partial charge in [0.05, 0.1) is 0 Å². The fourth-order valence-corrected chi connectivity index (χ4v) is 4.40. The average molecular weight is 380 g/mol. The number of carbonyl (C=O) groups excluding carboxylic acids is 2. The number of piperidine rings is 1. The summed E-state index contributed by atoms with van der Waals surface area (Å²) in [5.74, 6) is -0.00715. The molecule has 1 aromatic heterocycles. The molecule has 2 saturated heterocycles. The van der Waals surface area contributed by atoms with E-state index in [1.54, 1.807) is 16.7 Å². The van der Waals surface area contributed by atoms with Crippen LogP contribution in [0.3, 0.4) is 0 Å². The fourth-order valence-electron chi connectivity index (χ4n) is 4.40. The summed E-state index contributed by atoms with van der Waals surface area (Å²) in [6.07, 6.45) is 4.12. The van der Waals surface area contributed by atoms with Crippen LogP contribution in [0.5, 0.6) is 0 Å². The van der Waals surface area contributed by atoms with Gasteiger partial charge in [0.2, 0.25) is 0 Å². The van der Waals surface area contributed by atoms with E-state index in [1.807, 2.05) is 31.2 Å². The molecule has 1 aromatic carbocycles. The molecule has 0 aliphatic carbocycles. The zero-order valence-electron chi connectivity index (χ0n) is 16.2. The van der Waals surface area contributed by atoms with Gasteiger partial charge in [-0.15, -0.1) is 0 Å². The Morgan fingerprint density at radius 1 is 1.07 bits per heavy atom. The molecule has 0 bridgehead atoms. The summed E-state index contributed by atoms with van der Waals surface area (Å²) in [4.78, 5) is 49.0. The molecule has 146 valence electrons. The van der Waals surface area contributed by atoms with Crippen molar-refractivity contribution in [2.45, 2.75) is 45.1 Å². The highest BCUT2D eigenvalue weighted by molar-refractivity contribution is 6.05. The van der Waals surface area contributed by atoms with Crippen LogP contribution in [-0.2, 0) is 4.79 Å². The number of anilines is 1. The molecule has 1 unspecified atom stereocenters. The molecular formula is C21H24N4O3. The molecule has 7 nitrogen and oxygen atoms in total. The molecule has 1 spiro atoms. The van der Waals surface area contributed by atoms with E-state index in [0.717, 1.165) is 24.1 Å². The molecule has 2 aliphatic rings. The summed E-state index contributed by atoms with van der Waals surface area (Å²) in [5.41, 5.74) is 0.637. The van der Waals surface area contributed by atoms with Crippen molar-refractivity contribution in [3.63, 3.8) is 0 Å². The second-order valence-electron chi connectivity index (χ2n) is 7.70. The lowest BCUT2D eigenvalue weighted by Crippen LogP contribution is -2.62. The van der Waals surface area contributed by atoms with Crippen LogP contribution >= 0.6 is 0 Å². The maximum Gasteiger partial charge on any atom is 0.263 e. The first-order valence-corrected chi connectivity index (χ1v) is 9.69. The van der Waals surface area contributed by atoms with Crippen LogP contribution in [0.4, 0.5) is 5.69 Å². The molecule has 0 saturated carbocycles. The van der Waals surface area contributed by atoms with Crippen molar-refractivity contribution in [2.75, 3.05) is 18.0 Å². The zero-order chi connectivity index (χ0) is 19.9. The summed E-state index contributed by atoms with van der Waals surface area (Å²) in [5, 5.41) is 0. The van der Waals surface area contributed by atoms with Crippen molar-refractivity contribution in [2.24, 2.45) is 0 Å². The molecule has 2 fully saturated rings. The minimum atomic E-state index is -0.877. The van der Waals surface area contributed by atoms with E-state index >= 15 is 0 Å². The minimum Gasteiger partial charge on any atom is -0.324 e. The summed E-state index contributed by atoms with van der Waals surface area (Å²) in [6, 6.07) is 7.86. The van der Waals surface area contributed by atoms with E-state index < -0.39 is 17.0 Å². The third-order valence-electron chi connectivity index (χ3n) is 5.85. The average Bonchev–Trinajstić information content (AvgIpc) is 3.09. The molecule has 1 N–H and O–H groups in total. The first kappa shape index (κ1) is 18.4. The van der Waals surface area contributed by atoms with Crippen molar-refractivity contribution < 1.29 is 9.59 Å². The van der Waals surface area contributed by atoms with Crippen molar-refractivity contribution in [3.05, 3.63) is 57.8 Å². The number of carbonyl (C=O) groups is 2. The quantitative estimate of drug-likeness (QED) is 0.865. The van der Waals surface area contributed by atoms with Gasteiger partial charge >= 0.3 is 0 Å². The third-order valence-corrected chi connectivity index (χ3v) is 5.85. The normalized spacial score (nSPS) is 22.1. The molecule has 2 aliphatic heterocycles. The number of benzene rings is 1. The molecular weight excluding hydrogens is 356 g/mol. The smallest absolute Gasteiger partial charge is 0.263 e. The first-order valence-electron chi connectivity index (χ1n) is 9.69. The van der Waals surface area contributed by atoms with Gasteiger partial charge in [-0.3, -0.25) is 14.4 Å². The van der Waals surface area contributed by atoms with Gasteiger partial charge in [0.25, 0.3) is 17.4 Å². The maximum atomic E-state index is 13.6. The van der Waals surface area contributed by atoms with Crippen molar-refractivity contribution in [3.8, 4) is 0 Å². The van der Waals surface area contributed by atoms with Crippen molar-refractivity contribution in [1.82, 2.24) is 14.9 Å². The number of nitrogens with zero attached hydrogens (tertiary/aromatic N) is 3. The first-order chi connectivity index (χ1) is 13.4. The lowest BCUT2D eigenvalue weighted by Gasteiger charge is -2.44. The molecule has 2 amide bonds. The van der Waals surface area contributed by atoms with Crippen LogP contribution in [0.1, 0.15) is 47.4 Å². The van der Waals surface area contributed by atoms with Gasteiger partial charge < -0.3 is 14.8 Å². The number of aromatic nitrogens is 2. The highest BCUT2D eigenvalue weighted by atomic mass is 16.2. The van der Waals surface area contributed by atoms with E-state index in [9.17, 15) is 14.4 Å². The molecule has 0 radical (unpaired) electrons. The Bertz CT molecular complexity index is 982. The lowest BCUT2D eigenvalue weighted by molar-refractivity contribution is -0.130. The summed E-state index contributed by atoms with van der Waals surface area (Å²) in [7, 11) is 0. The van der Waals surface area contributed by atoms with Gasteiger partial charge in [-0.2, -0.15) is 0 Å². The number of hydrogen-bond acceptors (Lipinski definition) is 4. The summed E-state index contributed by atoms with van der Waals surface area (Å²) >= 11 is 0. The Hall–Kier alpha value is -2.96. The topological polar surface area (TPSA) is 86.4 Å². The van der Waals surface area contributed by atoms with Crippen LogP contribution in [0.25, 0.3) is 0 Å². The van der Waals surface area contributed by atoms with E-state index in [2.05, 4.69) is 9.97 Å². The van der Waals surface area contributed by atoms with Gasteiger partial charge in [-0.1, -0.05) is 17.7 Å². The number of nitrogens with one attached hydrogen (secondary N) is 1. The molecule has 1 atom stereocenters. The van der Waals surface area contributed by atoms with Crippen LogP contribution in [0.2, 0.25) is 0 Å². The van der Waals surface area contributed by atoms with Gasteiger partial charge in [0.15, 0.2) is 0 Å². The molecule has 4 rings (SSSR count). The number of amides is 2. The number of hydrogen-bond donors (Lipinski definition) is 1. The van der Waals surface area contributed by atoms with Crippen LogP contribution in [0, 0.1) is 13.8 Å². The van der Waals surface area contributed by atoms with Crippen molar-refractivity contribution >= 4 is 17.5 Å². The number of aryl methyl sites for hydroxylation is 2. The predicted molar refractivity (Wildman–Crippen MR) is 105 cm³/mol. The van der Waals surface area contributed by atoms with Crippen LogP contribution in [0.15, 0.2) is 35.3 Å². The van der Waals surface area contributed by atoms with Gasteiger partial charge in [-0.05, 0) is 51.7 Å². The van der Waals surface area contributed by atoms with E-state index in [1.165, 1.54) is 6.20 Å². The monoisotopic (exact) mass is 380 g/mol. The SMILES string of the molecule is Cc1ccc(N2CCCC3(CCCN3C(=O)c3cnc(C)[nH]c3=O)C2=O)cc1. The number of likely N-dealkylation sites (tertiary alicyclic amines) is 1. The van der Waals surface area contributed by atoms with Gasteiger partial charge in [0.1, 0.15) is 16.9 Å². The Kier molecular flexibility index (Phi) is 4.53. The third kappa shape index (κ3) is 2.91. The molecule has 7 heteroatoms. The van der Waals surface area contributed by atoms with Crippen LogP contribution < -0.4 is 10.5 Å². The summed E-state index contributed by atoms with van der Waals surface area (Å²) in [6.45, 7) is 4.78. The van der Waals surface area contributed by atoms with Gasteiger partial charge in [-0.25, -0.2) is 4.98 Å². The molecule has 3 heterocycles. The fraction of sp³-hybridized carbons (Fsp3) is 0.429. The Morgan fingerprint density at radius 3 is 2.43 bits per heavy atom. The van der Waals surface area contributed by atoms with Gasteiger partial charge in [0, 0.05) is 25.0 Å². The summed E-state index contributed by atoms with van der Waals surface area (Å²) < 4.78 is 0. The Labute approximate surface area is 163 Å². The standard InChI is InChI=1S/C21H24N4O3/c1-14-5-7-16(8-6-14)24-11-3-9-21(20(24)28)10-4-12-25(21)19(27)17-13-22-15(2)23-18(17)26/h5-8,13H,3-4,9-12H2,1-2H3,(H,22,23,26). The van der Waals surface area contributed by atoms with Crippen LogP contribution in [-0.4, -0.2) is 45.3 Å². The number of aromatic amines is 1. The Balaban J connectivity index is 1.68. The second kappa shape index (κ2) is 6.89. The highest BCUT2D eigenvalue weighted by Gasteiger charge is 2.53. The van der Waals surface area contributed by atoms with E-state index in [0.29, 0.717) is 31.8 Å². The largest absolute Gasteiger partial charge is 0.324 e. The predicted octanol–water partition coefficient (Wildman–Crippen LogP) is 2.19. The maximum absolute atomic E-state index is 13.6. The number of rotatable bonds is 2.